The van der Waals surface area contributed by atoms with Crippen LogP contribution in [0.5, 0.6) is 0 Å². The zero-order chi connectivity index (χ0) is 11.1. The molecule has 1 aromatic rings. The number of benzene rings is 1. The van der Waals surface area contributed by atoms with Crippen LogP contribution in [0.25, 0.3) is 4.85 Å². The zero-order valence-electron chi connectivity index (χ0n) is 9.06. The Morgan fingerprint density at radius 1 is 1.27 bits per heavy atom. The summed E-state index contributed by atoms with van der Waals surface area (Å²) in [4.78, 5) is 3.37. The molecule has 0 saturated carbocycles. The molecule has 0 atom stereocenters. The van der Waals surface area contributed by atoms with E-state index in [0.717, 1.165) is 5.46 Å². The highest BCUT2D eigenvalue weighted by Crippen LogP contribution is 2.08. The molecule has 3 nitrogen and oxygen atoms in total. The van der Waals surface area contributed by atoms with E-state index < -0.39 is 0 Å². The van der Waals surface area contributed by atoms with E-state index in [2.05, 4.69) is 4.85 Å². The normalized spacial score (nSPS) is 9.67. The molecule has 0 aliphatic heterocycles. The summed E-state index contributed by atoms with van der Waals surface area (Å²) in [5, 5.41) is 0. The standard InChI is InChI=1S/C11H14BNO2/c1-4-14-12(15-5-2)10-7-6-8-11(9-10)13-3/h6-9H,4-5H2,1-2H3. The summed E-state index contributed by atoms with van der Waals surface area (Å²) in [6, 6.07) is 7.31. The van der Waals surface area contributed by atoms with Crippen LogP contribution in [0.15, 0.2) is 24.3 Å². The van der Waals surface area contributed by atoms with E-state index in [4.69, 9.17) is 15.9 Å². The molecule has 1 rings (SSSR count). The van der Waals surface area contributed by atoms with Gasteiger partial charge in [0.1, 0.15) is 0 Å². The maximum atomic E-state index is 6.93. The third-order valence-corrected chi connectivity index (χ3v) is 1.91. The van der Waals surface area contributed by atoms with Crippen molar-refractivity contribution in [3.05, 3.63) is 35.7 Å². The first-order valence-corrected chi connectivity index (χ1v) is 5.02. The molecule has 0 unspecified atom stereocenters. The second-order valence-corrected chi connectivity index (χ2v) is 2.95. The third kappa shape index (κ3) is 3.39. The summed E-state index contributed by atoms with van der Waals surface area (Å²) in [7, 11) is -0.360. The van der Waals surface area contributed by atoms with Gasteiger partial charge in [-0.15, -0.1) is 0 Å². The lowest BCUT2D eigenvalue weighted by atomic mass is 9.78. The minimum Gasteiger partial charge on any atom is -0.408 e. The quantitative estimate of drug-likeness (QED) is 0.539. The maximum Gasteiger partial charge on any atom is 0.492 e. The Bertz CT molecular complexity index is 343. The van der Waals surface area contributed by atoms with Crippen molar-refractivity contribution in [1.82, 2.24) is 0 Å². The molecular formula is C11H14BNO2. The second-order valence-electron chi connectivity index (χ2n) is 2.95. The van der Waals surface area contributed by atoms with Crippen LogP contribution >= 0.6 is 0 Å². The molecule has 0 fully saturated rings. The minimum atomic E-state index is -0.360. The van der Waals surface area contributed by atoms with Gasteiger partial charge in [-0.2, -0.15) is 0 Å². The van der Waals surface area contributed by atoms with Crippen molar-refractivity contribution < 1.29 is 9.31 Å². The Morgan fingerprint density at radius 2 is 1.93 bits per heavy atom. The molecule has 0 aliphatic rings. The number of hydrogen-bond donors (Lipinski definition) is 0. The van der Waals surface area contributed by atoms with Gasteiger partial charge >= 0.3 is 7.12 Å². The average molecular weight is 203 g/mol. The lowest BCUT2D eigenvalue weighted by Crippen LogP contribution is -2.36. The molecule has 0 heterocycles. The number of nitrogens with zero attached hydrogens (tertiary/aromatic N) is 1. The highest BCUT2D eigenvalue weighted by atomic mass is 16.6. The average Bonchev–Trinajstić information content (AvgIpc) is 2.29. The van der Waals surface area contributed by atoms with Crippen LogP contribution in [0.2, 0.25) is 0 Å². The zero-order valence-corrected chi connectivity index (χ0v) is 9.06. The third-order valence-electron chi connectivity index (χ3n) is 1.91. The predicted molar refractivity (Wildman–Crippen MR) is 61.3 cm³/mol. The van der Waals surface area contributed by atoms with Gasteiger partial charge in [0.05, 0.1) is 6.57 Å². The van der Waals surface area contributed by atoms with Crippen LogP contribution < -0.4 is 5.46 Å². The van der Waals surface area contributed by atoms with Gasteiger partial charge in [0.15, 0.2) is 5.69 Å². The Hall–Kier alpha value is -1.31. The lowest BCUT2D eigenvalue weighted by Gasteiger charge is -2.12. The van der Waals surface area contributed by atoms with Crippen molar-refractivity contribution in [2.24, 2.45) is 0 Å². The molecular weight excluding hydrogens is 189 g/mol. The SMILES string of the molecule is [C-]#[N+]c1cccc(B(OCC)OCC)c1. The fourth-order valence-corrected chi connectivity index (χ4v) is 1.28. The van der Waals surface area contributed by atoms with Crippen molar-refractivity contribution in [2.45, 2.75) is 13.8 Å². The molecule has 0 bridgehead atoms. The van der Waals surface area contributed by atoms with Crippen molar-refractivity contribution in [3.63, 3.8) is 0 Å². The van der Waals surface area contributed by atoms with Crippen LogP contribution in [0.4, 0.5) is 5.69 Å². The summed E-state index contributed by atoms with van der Waals surface area (Å²) in [6.07, 6.45) is 0. The molecule has 78 valence electrons. The molecule has 0 N–H and O–H groups in total. The van der Waals surface area contributed by atoms with Crippen LogP contribution in [0.3, 0.4) is 0 Å². The molecule has 0 aliphatic carbocycles. The summed E-state index contributed by atoms with van der Waals surface area (Å²) in [6.45, 7) is 12.0. The van der Waals surface area contributed by atoms with Crippen LogP contribution in [0.1, 0.15) is 13.8 Å². The monoisotopic (exact) mass is 203 g/mol. The highest BCUT2D eigenvalue weighted by molar-refractivity contribution is 6.61. The van der Waals surface area contributed by atoms with Gasteiger partial charge < -0.3 is 9.31 Å². The number of rotatable bonds is 5. The van der Waals surface area contributed by atoms with Crippen LogP contribution in [0, 0.1) is 6.57 Å². The van der Waals surface area contributed by atoms with Gasteiger partial charge in [-0.1, -0.05) is 24.3 Å². The lowest BCUT2D eigenvalue weighted by molar-refractivity contribution is 0.225. The van der Waals surface area contributed by atoms with E-state index in [1.165, 1.54) is 0 Å². The van der Waals surface area contributed by atoms with Gasteiger partial charge in [0.2, 0.25) is 0 Å². The van der Waals surface area contributed by atoms with Crippen molar-refractivity contribution in [2.75, 3.05) is 13.2 Å². The molecule has 0 spiro atoms. The molecule has 15 heavy (non-hydrogen) atoms. The summed E-state index contributed by atoms with van der Waals surface area (Å²) < 4.78 is 10.9. The number of hydrogen-bond acceptors (Lipinski definition) is 2. The summed E-state index contributed by atoms with van der Waals surface area (Å²) in [5.41, 5.74) is 1.50. The first-order valence-electron chi connectivity index (χ1n) is 5.02. The topological polar surface area (TPSA) is 22.8 Å². The van der Waals surface area contributed by atoms with E-state index >= 15 is 0 Å². The Morgan fingerprint density at radius 3 is 2.47 bits per heavy atom. The summed E-state index contributed by atoms with van der Waals surface area (Å²) >= 11 is 0. The molecule has 4 heteroatoms. The van der Waals surface area contributed by atoms with Crippen molar-refractivity contribution in [1.29, 1.82) is 0 Å². The van der Waals surface area contributed by atoms with E-state index in [1.807, 2.05) is 26.0 Å². The molecule has 0 saturated heterocycles. The van der Waals surface area contributed by atoms with Gasteiger partial charge in [-0.05, 0) is 19.3 Å². The Kier molecular flexibility index (Phi) is 4.89. The first kappa shape index (κ1) is 11.8. The van der Waals surface area contributed by atoms with Gasteiger partial charge in [-0.25, -0.2) is 4.85 Å². The van der Waals surface area contributed by atoms with Gasteiger partial charge in [-0.3, -0.25) is 0 Å². The Balaban J connectivity index is 2.85. The fraction of sp³-hybridized carbons (Fsp3) is 0.364. The molecule has 0 aromatic heterocycles. The van der Waals surface area contributed by atoms with Gasteiger partial charge in [0.25, 0.3) is 0 Å². The molecule has 0 amide bonds. The van der Waals surface area contributed by atoms with E-state index in [1.54, 1.807) is 12.1 Å². The predicted octanol–water partition coefficient (Wildman–Crippen LogP) is 2.01. The van der Waals surface area contributed by atoms with Crippen molar-refractivity contribution in [3.8, 4) is 0 Å². The maximum absolute atomic E-state index is 6.93. The van der Waals surface area contributed by atoms with E-state index in [-0.39, 0.29) is 7.12 Å². The largest absolute Gasteiger partial charge is 0.492 e. The molecule has 0 radical (unpaired) electrons. The van der Waals surface area contributed by atoms with E-state index in [9.17, 15) is 0 Å². The summed E-state index contributed by atoms with van der Waals surface area (Å²) in [5.74, 6) is 0. The molecule has 1 aromatic carbocycles. The highest BCUT2D eigenvalue weighted by Gasteiger charge is 2.19. The second kappa shape index (κ2) is 6.23. The smallest absolute Gasteiger partial charge is 0.408 e. The first-order chi connectivity index (χ1) is 7.31. The van der Waals surface area contributed by atoms with Gasteiger partial charge in [0, 0.05) is 13.2 Å². The van der Waals surface area contributed by atoms with E-state index in [0.29, 0.717) is 18.9 Å². The van der Waals surface area contributed by atoms with Crippen molar-refractivity contribution >= 4 is 18.3 Å². The van der Waals surface area contributed by atoms with Crippen LogP contribution in [-0.2, 0) is 9.31 Å². The Labute approximate surface area is 91.0 Å². The fourth-order valence-electron chi connectivity index (χ4n) is 1.28. The minimum absolute atomic E-state index is 0.360. The van der Waals surface area contributed by atoms with Crippen LogP contribution in [-0.4, -0.2) is 20.3 Å².